The minimum absolute atomic E-state index is 0.00705. The Kier molecular flexibility index (Phi) is 5.67. The number of aromatic nitrogens is 2. The third-order valence-corrected chi connectivity index (χ3v) is 5.37. The summed E-state index contributed by atoms with van der Waals surface area (Å²) in [6.07, 6.45) is 1.82. The molecule has 172 valence electrons. The summed E-state index contributed by atoms with van der Waals surface area (Å²) in [5.74, 6) is -0.827. The molecule has 3 aromatic carbocycles. The molecule has 1 aliphatic rings. The SMILES string of the molecule is O=C(COc1cccc(NC(=O)C2CC2)c1)Nc1ccc2nc(-c3cc(F)ccc3F)[nH]c2c1. The van der Waals surface area contributed by atoms with Gasteiger partial charge in [0.05, 0.1) is 16.6 Å². The number of fused-ring (bicyclic) bond motifs is 1. The second kappa shape index (κ2) is 8.93. The maximum atomic E-state index is 14.1. The van der Waals surface area contributed by atoms with Crippen molar-refractivity contribution in [3.8, 4) is 17.1 Å². The first-order chi connectivity index (χ1) is 16.4. The van der Waals surface area contributed by atoms with Gasteiger partial charge in [-0.05, 0) is 61.4 Å². The number of anilines is 2. The molecule has 3 N–H and O–H groups in total. The number of carbonyl (C=O) groups excluding carboxylic acids is 2. The number of benzene rings is 3. The Balaban J connectivity index is 1.22. The van der Waals surface area contributed by atoms with Crippen LogP contribution in [0.5, 0.6) is 5.75 Å². The van der Waals surface area contributed by atoms with Crippen LogP contribution in [0.3, 0.4) is 0 Å². The normalized spacial score (nSPS) is 13.0. The molecule has 0 bridgehead atoms. The van der Waals surface area contributed by atoms with Crippen LogP contribution >= 0.6 is 0 Å². The summed E-state index contributed by atoms with van der Waals surface area (Å²) in [6, 6.07) is 15.0. The Morgan fingerprint density at radius 1 is 1.00 bits per heavy atom. The molecule has 34 heavy (non-hydrogen) atoms. The Labute approximate surface area is 193 Å². The maximum absolute atomic E-state index is 14.1. The van der Waals surface area contributed by atoms with Gasteiger partial charge < -0.3 is 20.4 Å². The molecule has 1 heterocycles. The lowest BCUT2D eigenvalue weighted by Crippen LogP contribution is -2.20. The van der Waals surface area contributed by atoms with Gasteiger partial charge in [-0.15, -0.1) is 0 Å². The molecular formula is C25H20F2N4O3. The molecule has 2 amide bonds. The zero-order chi connectivity index (χ0) is 23.7. The maximum Gasteiger partial charge on any atom is 0.262 e. The van der Waals surface area contributed by atoms with E-state index in [1.54, 1.807) is 42.5 Å². The van der Waals surface area contributed by atoms with Crippen molar-refractivity contribution < 1.29 is 23.1 Å². The fourth-order valence-electron chi connectivity index (χ4n) is 3.49. The number of hydrogen-bond donors (Lipinski definition) is 3. The van der Waals surface area contributed by atoms with Crippen molar-refractivity contribution in [1.29, 1.82) is 0 Å². The number of rotatable bonds is 7. The fourth-order valence-corrected chi connectivity index (χ4v) is 3.49. The second-order valence-electron chi connectivity index (χ2n) is 8.07. The minimum Gasteiger partial charge on any atom is -0.484 e. The van der Waals surface area contributed by atoms with Crippen LogP contribution in [0.15, 0.2) is 60.7 Å². The van der Waals surface area contributed by atoms with Crippen molar-refractivity contribution in [2.45, 2.75) is 12.8 Å². The van der Waals surface area contributed by atoms with Crippen LogP contribution in [0, 0.1) is 17.6 Å². The molecule has 9 heteroatoms. The van der Waals surface area contributed by atoms with Gasteiger partial charge in [0.15, 0.2) is 6.61 Å². The first-order valence-electron chi connectivity index (χ1n) is 10.7. The monoisotopic (exact) mass is 462 g/mol. The van der Waals surface area contributed by atoms with E-state index >= 15 is 0 Å². The number of imidazole rings is 1. The fraction of sp³-hybridized carbons (Fsp3) is 0.160. The highest BCUT2D eigenvalue weighted by Crippen LogP contribution is 2.30. The Hall–Kier alpha value is -4.27. The molecule has 1 aromatic heterocycles. The standard InChI is InChI=1S/C25H20F2N4O3/c26-15-6-8-20(27)19(10-15)24-30-21-9-7-17(12-22(21)31-24)28-23(32)13-34-18-3-1-2-16(11-18)29-25(33)14-4-5-14/h1-3,6-12,14H,4-5,13H2,(H,28,32)(H,29,33)(H,30,31). The average molecular weight is 462 g/mol. The van der Waals surface area contributed by atoms with E-state index in [-0.39, 0.29) is 35.7 Å². The summed E-state index contributed by atoms with van der Waals surface area (Å²) in [5, 5.41) is 5.56. The van der Waals surface area contributed by atoms with Gasteiger partial charge >= 0.3 is 0 Å². The van der Waals surface area contributed by atoms with Crippen molar-refractivity contribution in [3.05, 3.63) is 72.3 Å². The highest BCUT2D eigenvalue weighted by atomic mass is 19.1. The molecule has 0 unspecified atom stereocenters. The van der Waals surface area contributed by atoms with Gasteiger partial charge in [-0.3, -0.25) is 9.59 Å². The lowest BCUT2D eigenvalue weighted by Gasteiger charge is -2.09. The summed E-state index contributed by atoms with van der Waals surface area (Å²) in [6.45, 7) is -0.235. The predicted octanol–water partition coefficient (Wildman–Crippen LogP) is 4.87. The summed E-state index contributed by atoms with van der Waals surface area (Å²) in [7, 11) is 0. The molecule has 0 radical (unpaired) electrons. The van der Waals surface area contributed by atoms with Crippen molar-refractivity contribution in [2.75, 3.05) is 17.2 Å². The van der Waals surface area contributed by atoms with E-state index in [4.69, 9.17) is 4.74 Å². The number of ether oxygens (including phenoxy) is 1. The molecule has 4 aromatic rings. The number of halogens is 2. The smallest absolute Gasteiger partial charge is 0.262 e. The second-order valence-corrected chi connectivity index (χ2v) is 8.07. The van der Waals surface area contributed by atoms with Crippen molar-refractivity contribution in [1.82, 2.24) is 9.97 Å². The zero-order valence-electron chi connectivity index (χ0n) is 17.9. The first kappa shape index (κ1) is 21.6. The predicted molar refractivity (Wildman–Crippen MR) is 123 cm³/mol. The lowest BCUT2D eigenvalue weighted by molar-refractivity contribution is -0.118. The van der Waals surface area contributed by atoms with Crippen LogP contribution in [-0.2, 0) is 9.59 Å². The van der Waals surface area contributed by atoms with Gasteiger partial charge in [0, 0.05) is 23.4 Å². The minimum atomic E-state index is -0.595. The van der Waals surface area contributed by atoms with E-state index in [2.05, 4.69) is 20.6 Å². The molecule has 1 aliphatic carbocycles. The number of amides is 2. The van der Waals surface area contributed by atoms with E-state index in [1.165, 1.54) is 0 Å². The number of H-pyrrole nitrogens is 1. The summed E-state index contributed by atoms with van der Waals surface area (Å²) < 4.78 is 33.1. The highest BCUT2D eigenvalue weighted by Gasteiger charge is 2.29. The number of hydrogen-bond acceptors (Lipinski definition) is 4. The van der Waals surface area contributed by atoms with E-state index < -0.39 is 11.6 Å². The summed E-state index contributed by atoms with van der Waals surface area (Å²) in [4.78, 5) is 31.5. The molecule has 0 aliphatic heterocycles. The topological polar surface area (TPSA) is 96.1 Å². The Bertz CT molecular complexity index is 1400. The van der Waals surface area contributed by atoms with Gasteiger partial charge in [-0.25, -0.2) is 13.8 Å². The molecule has 0 atom stereocenters. The van der Waals surface area contributed by atoms with Crippen LogP contribution in [0.4, 0.5) is 20.2 Å². The summed E-state index contributed by atoms with van der Waals surface area (Å²) >= 11 is 0. The lowest BCUT2D eigenvalue weighted by atomic mass is 10.2. The zero-order valence-corrected chi connectivity index (χ0v) is 17.9. The van der Waals surface area contributed by atoms with Gasteiger partial charge in [-0.1, -0.05) is 6.07 Å². The summed E-state index contributed by atoms with van der Waals surface area (Å²) in [5.41, 5.74) is 2.21. The van der Waals surface area contributed by atoms with Crippen LogP contribution in [0.25, 0.3) is 22.4 Å². The molecule has 7 nitrogen and oxygen atoms in total. The van der Waals surface area contributed by atoms with E-state index in [0.717, 1.165) is 31.0 Å². The number of nitrogens with one attached hydrogen (secondary N) is 3. The highest BCUT2D eigenvalue weighted by molar-refractivity contribution is 5.95. The molecule has 1 fully saturated rings. The van der Waals surface area contributed by atoms with Gasteiger partial charge in [-0.2, -0.15) is 0 Å². The van der Waals surface area contributed by atoms with Crippen LogP contribution in [-0.4, -0.2) is 28.4 Å². The molecule has 1 saturated carbocycles. The Morgan fingerprint density at radius 2 is 1.82 bits per heavy atom. The quantitative estimate of drug-likeness (QED) is 0.365. The van der Waals surface area contributed by atoms with Crippen LogP contribution in [0.1, 0.15) is 12.8 Å². The van der Waals surface area contributed by atoms with Crippen LogP contribution < -0.4 is 15.4 Å². The molecule has 0 spiro atoms. The third kappa shape index (κ3) is 4.88. The van der Waals surface area contributed by atoms with E-state index in [9.17, 15) is 18.4 Å². The first-order valence-corrected chi connectivity index (χ1v) is 10.7. The number of nitrogens with zero attached hydrogens (tertiary/aromatic N) is 1. The van der Waals surface area contributed by atoms with Crippen LogP contribution in [0.2, 0.25) is 0 Å². The third-order valence-electron chi connectivity index (χ3n) is 5.37. The van der Waals surface area contributed by atoms with Gasteiger partial charge in [0.2, 0.25) is 5.91 Å². The van der Waals surface area contributed by atoms with E-state index in [0.29, 0.717) is 28.2 Å². The molecule has 0 saturated heterocycles. The van der Waals surface area contributed by atoms with Crippen molar-refractivity contribution in [2.24, 2.45) is 5.92 Å². The largest absolute Gasteiger partial charge is 0.484 e. The number of carbonyl (C=O) groups is 2. The average Bonchev–Trinajstić information content (AvgIpc) is 3.59. The molecular weight excluding hydrogens is 442 g/mol. The van der Waals surface area contributed by atoms with Crippen molar-refractivity contribution in [3.63, 3.8) is 0 Å². The van der Waals surface area contributed by atoms with Crippen molar-refractivity contribution >= 4 is 34.2 Å². The van der Waals surface area contributed by atoms with Gasteiger partial charge in [0.25, 0.3) is 5.91 Å². The van der Waals surface area contributed by atoms with Gasteiger partial charge in [0.1, 0.15) is 23.2 Å². The Morgan fingerprint density at radius 3 is 2.65 bits per heavy atom. The van der Waals surface area contributed by atoms with E-state index in [1.807, 2.05) is 0 Å². The number of aromatic amines is 1. The molecule has 5 rings (SSSR count).